The summed E-state index contributed by atoms with van der Waals surface area (Å²) >= 11 is 0. The highest BCUT2D eigenvalue weighted by Gasteiger charge is 2.31. The smallest absolute Gasteiger partial charge is 0.263 e. The van der Waals surface area contributed by atoms with Gasteiger partial charge in [-0.1, -0.05) is 30.3 Å². The van der Waals surface area contributed by atoms with Gasteiger partial charge in [-0.15, -0.1) is 0 Å². The van der Waals surface area contributed by atoms with Gasteiger partial charge in [-0.05, 0) is 55.5 Å². The van der Waals surface area contributed by atoms with Crippen LogP contribution in [-0.4, -0.2) is 34.6 Å². The van der Waals surface area contributed by atoms with Crippen molar-refractivity contribution in [3.8, 4) is 0 Å². The molecule has 0 saturated carbocycles. The lowest BCUT2D eigenvalue weighted by molar-refractivity contribution is -0.117. The number of carbonyl (C=O) groups is 1. The number of para-hydroxylation sites is 1. The molecule has 3 N–H and O–H groups in total. The Morgan fingerprint density at radius 2 is 1.55 bits per heavy atom. The van der Waals surface area contributed by atoms with Crippen LogP contribution in [0.3, 0.4) is 0 Å². The van der Waals surface area contributed by atoms with Crippen LogP contribution in [0.2, 0.25) is 0 Å². The molecular formula is C22H20N4O5S2. The van der Waals surface area contributed by atoms with Crippen LogP contribution in [0, 0.1) is 0 Å². The summed E-state index contributed by atoms with van der Waals surface area (Å²) in [5.74, 6) is -0.384. The monoisotopic (exact) mass is 484 g/mol. The second-order valence-electron chi connectivity index (χ2n) is 7.24. The third-order valence-corrected chi connectivity index (χ3v) is 7.62. The number of anilines is 2. The number of fused-ring (bicyclic) bond motifs is 1. The molecule has 1 amide bonds. The minimum atomic E-state index is -3.78. The minimum absolute atomic E-state index is 0.0367. The van der Waals surface area contributed by atoms with E-state index in [9.17, 15) is 21.6 Å². The quantitative estimate of drug-likeness (QED) is 0.494. The molecule has 0 bridgehead atoms. The fourth-order valence-corrected chi connectivity index (χ4v) is 5.46. The van der Waals surface area contributed by atoms with E-state index >= 15 is 0 Å². The Kier molecular flexibility index (Phi) is 5.91. The molecule has 0 spiro atoms. The molecule has 0 unspecified atom stereocenters. The Morgan fingerprint density at radius 3 is 2.24 bits per heavy atom. The van der Waals surface area contributed by atoms with Gasteiger partial charge in [0.15, 0.2) is 0 Å². The molecular weight excluding hydrogens is 464 g/mol. The highest BCUT2D eigenvalue weighted by atomic mass is 32.2. The van der Waals surface area contributed by atoms with Crippen LogP contribution < -0.4 is 14.8 Å². The van der Waals surface area contributed by atoms with Crippen molar-refractivity contribution < 1.29 is 21.6 Å². The highest BCUT2D eigenvalue weighted by Crippen LogP contribution is 2.23. The van der Waals surface area contributed by atoms with Crippen LogP contribution in [0.5, 0.6) is 0 Å². The maximum Gasteiger partial charge on any atom is 0.263 e. The number of nitrogens with zero attached hydrogens (tertiary/aromatic N) is 1. The number of carbonyl (C=O) groups excluding carboxylic acids is 1. The first kappa shape index (κ1) is 22.5. The van der Waals surface area contributed by atoms with Gasteiger partial charge >= 0.3 is 0 Å². The standard InChI is InChI=1S/C22H20N4O5S2/c1-15(23-21-19-9-5-6-10-20(19)33(30,31)26-21)22(27)24-16-11-13-18(14-12-16)32(28,29)25-17-7-3-2-4-8-17/h2-15,25H,1H3,(H,23,26)(H,24,27)/t15-/m0/s1. The van der Waals surface area contributed by atoms with Crippen molar-refractivity contribution in [1.29, 1.82) is 0 Å². The van der Waals surface area contributed by atoms with Gasteiger partial charge in [0.25, 0.3) is 20.0 Å². The number of amidine groups is 1. The molecule has 0 fully saturated rings. The van der Waals surface area contributed by atoms with Crippen molar-refractivity contribution in [2.45, 2.75) is 22.8 Å². The predicted octanol–water partition coefficient (Wildman–Crippen LogP) is 2.55. The predicted molar refractivity (Wildman–Crippen MR) is 125 cm³/mol. The van der Waals surface area contributed by atoms with E-state index in [0.29, 0.717) is 16.9 Å². The van der Waals surface area contributed by atoms with Crippen LogP contribution >= 0.6 is 0 Å². The molecule has 1 aliphatic rings. The van der Waals surface area contributed by atoms with Crippen LogP contribution in [-0.2, 0) is 24.8 Å². The molecule has 0 aromatic heterocycles. The van der Waals surface area contributed by atoms with Gasteiger partial charge in [-0.3, -0.25) is 19.2 Å². The average Bonchev–Trinajstić information content (AvgIpc) is 3.04. The Hall–Kier alpha value is -3.70. The second-order valence-corrected chi connectivity index (χ2v) is 10.6. The van der Waals surface area contributed by atoms with Crippen LogP contribution in [0.15, 0.2) is 93.6 Å². The van der Waals surface area contributed by atoms with Gasteiger partial charge in [-0.25, -0.2) is 16.8 Å². The molecule has 11 heteroatoms. The number of rotatable bonds is 6. The van der Waals surface area contributed by atoms with E-state index < -0.39 is 32.0 Å². The van der Waals surface area contributed by atoms with Crippen molar-refractivity contribution in [3.05, 3.63) is 84.4 Å². The molecule has 0 radical (unpaired) electrons. The number of aliphatic imine (C=N–C) groups is 1. The van der Waals surface area contributed by atoms with Gasteiger partial charge in [0.2, 0.25) is 5.91 Å². The second kappa shape index (κ2) is 8.68. The molecule has 3 aromatic carbocycles. The Morgan fingerprint density at radius 1 is 0.909 bits per heavy atom. The number of sulfonamides is 2. The molecule has 3 aromatic rings. The number of nitrogens with one attached hydrogen (secondary N) is 3. The van der Waals surface area contributed by atoms with E-state index in [2.05, 4.69) is 19.8 Å². The summed E-state index contributed by atoms with van der Waals surface area (Å²) in [6.07, 6.45) is 0. The zero-order valence-electron chi connectivity index (χ0n) is 17.4. The van der Waals surface area contributed by atoms with Gasteiger partial charge in [-0.2, -0.15) is 0 Å². The fraction of sp³-hybridized carbons (Fsp3) is 0.0909. The maximum atomic E-state index is 12.6. The van der Waals surface area contributed by atoms with Crippen molar-refractivity contribution >= 4 is 43.2 Å². The SMILES string of the molecule is C[C@H](N=C1NS(=O)(=O)c2ccccc21)C(=O)Nc1ccc(S(=O)(=O)Nc2ccccc2)cc1. The summed E-state index contributed by atoms with van der Waals surface area (Å²) < 4.78 is 54.2. The van der Waals surface area contributed by atoms with Crippen molar-refractivity contribution in [2.24, 2.45) is 4.99 Å². The molecule has 170 valence electrons. The lowest BCUT2D eigenvalue weighted by atomic mass is 10.2. The summed E-state index contributed by atoms with van der Waals surface area (Å²) in [5.41, 5.74) is 1.21. The molecule has 4 rings (SSSR count). The van der Waals surface area contributed by atoms with E-state index in [-0.39, 0.29) is 15.6 Å². The number of amides is 1. The molecule has 9 nitrogen and oxygen atoms in total. The Balaban J connectivity index is 1.45. The lowest BCUT2D eigenvalue weighted by Crippen LogP contribution is -2.28. The third kappa shape index (κ3) is 4.89. The van der Waals surface area contributed by atoms with Crippen molar-refractivity contribution in [2.75, 3.05) is 10.0 Å². The number of hydrogen-bond acceptors (Lipinski definition) is 6. The molecule has 0 aliphatic carbocycles. The molecule has 0 saturated heterocycles. The van der Waals surface area contributed by atoms with Crippen molar-refractivity contribution in [3.63, 3.8) is 0 Å². The first-order valence-electron chi connectivity index (χ1n) is 9.84. The topological polar surface area (TPSA) is 134 Å². The minimum Gasteiger partial charge on any atom is -0.324 e. The first-order chi connectivity index (χ1) is 15.7. The summed E-state index contributed by atoms with van der Waals surface area (Å²) in [5, 5.41) is 2.65. The van der Waals surface area contributed by atoms with E-state index in [0.717, 1.165) is 0 Å². The zero-order valence-corrected chi connectivity index (χ0v) is 19.0. The molecule has 1 atom stereocenters. The normalized spacial score (nSPS) is 16.5. The Bertz CT molecular complexity index is 1440. The van der Waals surface area contributed by atoms with Gasteiger partial charge in [0.1, 0.15) is 11.9 Å². The maximum absolute atomic E-state index is 12.6. The molecule has 33 heavy (non-hydrogen) atoms. The Labute approximate surface area is 191 Å². The van der Waals surface area contributed by atoms with Crippen LogP contribution in [0.4, 0.5) is 11.4 Å². The van der Waals surface area contributed by atoms with E-state index in [1.807, 2.05) is 0 Å². The van der Waals surface area contributed by atoms with Gasteiger partial charge < -0.3 is 5.32 Å². The summed E-state index contributed by atoms with van der Waals surface area (Å²) in [6, 6.07) is 19.6. The van der Waals surface area contributed by atoms with Crippen LogP contribution in [0.25, 0.3) is 0 Å². The van der Waals surface area contributed by atoms with Crippen LogP contribution in [0.1, 0.15) is 12.5 Å². The summed E-state index contributed by atoms with van der Waals surface area (Å²) in [6.45, 7) is 1.53. The lowest BCUT2D eigenvalue weighted by Gasteiger charge is -2.11. The molecule has 1 heterocycles. The summed E-state index contributed by atoms with van der Waals surface area (Å²) in [7, 11) is -7.48. The summed E-state index contributed by atoms with van der Waals surface area (Å²) in [4.78, 5) is 16.9. The fourth-order valence-electron chi connectivity index (χ4n) is 3.17. The number of hydrogen-bond donors (Lipinski definition) is 3. The van der Waals surface area contributed by atoms with E-state index in [1.165, 1.54) is 37.3 Å². The van der Waals surface area contributed by atoms with Crippen molar-refractivity contribution in [1.82, 2.24) is 4.72 Å². The first-order valence-corrected chi connectivity index (χ1v) is 12.8. The highest BCUT2D eigenvalue weighted by molar-refractivity contribution is 7.92. The molecule has 1 aliphatic heterocycles. The van der Waals surface area contributed by atoms with Gasteiger partial charge in [0, 0.05) is 16.9 Å². The van der Waals surface area contributed by atoms with Gasteiger partial charge in [0.05, 0.1) is 9.79 Å². The largest absolute Gasteiger partial charge is 0.324 e. The zero-order chi connectivity index (χ0) is 23.6. The van der Waals surface area contributed by atoms with E-state index in [1.54, 1.807) is 48.5 Å². The van der Waals surface area contributed by atoms with E-state index in [4.69, 9.17) is 0 Å². The number of benzene rings is 3. The average molecular weight is 485 g/mol. The third-order valence-electron chi connectivity index (χ3n) is 4.82.